The van der Waals surface area contributed by atoms with Gasteiger partial charge in [0.25, 0.3) is 5.91 Å². The normalized spacial score (nSPS) is 11.9. The van der Waals surface area contributed by atoms with Crippen LogP contribution in [0.25, 0.3) is 0 Å². The van der Waals surface area contributed by atoms with Crippen LogP contribution in [0.4, 0.5) is 10.1 Å². The molecule has 142 valence electrons. The predicted molar refractivity (Wildman–Crippen MR) is 102 cm³/mol. The monoisotopic (exact) mass is 437 g/mol. The standard InChI is InChI=1S/C18H17BrFN3O4/c1-10(17(25)22-14-6-4-3-5-13(14)20)18(26)23-21-9-11-7-12(19)8-15(27-2)16(11)24/h3-10,24H,1-2H3,(H,22,25)(H,23,26). The average molecular weight is 438 g/mol. The number of hydrazone groups is 1. The number of amides is 2. The van der Waals surface area contributed by atoms with Crippen LogP contribution in [-0.2, 0) is 9.59 Å². The Balaban J connectivity index is 2.00. The number of carbonyl (C=O) groups excluding carboxylic acids is 2. The molecule has 0 aromatic heterocycles. The number of rotatable bonds is 6. The minimum absolute atomic E-state index is 0.0168. The van der Waals surface area contributed by atoms with Gasteiger partial charge in [-0.3, -0.25) is 9.59 Å². The van der Waals surface area contributed by atoms with Crippen molar-refractivity contribution in [1.29, 1.82) is 0 Å². The second kappa shape index (κ2) is 9.13. The Labute approximate surface area is 163 Å². The summed E-state index contributed by atoms with van der Waals surface area (Å²) in [7, 11) is 1.40. The number of halogens is 2. The highest BCUT2D eigenvalue weighted by Crippen LogP contribution is 2.32. The molecule has 1 unspecified atom stereocenters. The van der Waals surface area contributed by atoms with Crippen LogP contribution >= 0.6 is 15.9 Å². The number of phenolic OH excluding ortho intramolecular Hbond substituents is 1. The first kappa shape index (κ1) is 20.4. The number of phenols is 1. The van der Waals surface area contributed by atoms with Crippen molar-refractivity contribution in [2.45, 2.75) is 6.92 Å². The van der Waals surface area contributed by atoms with E-state index in [9.17, 15) is 19.1 Å². The Morgan fingerprint density at radius 1 is 1.30 bits per heavy atom. The number of para-hydroxylation sites is 1. The first-order valence-electron chi connectivity index (χ1n) is 7.78. The minimum Gasteiger partial charge on any atom is -0.504 e. The Morgan fingerprint density at radius 2 is 2.00 bits per heavy atom. The van der Waals surface area contributed by atoms with Crippen LogP contribution in [0.3, 0.4) is 0 Å². The van der Waals surface area contributed by atoms with Gasteiger partial charge >= 0.3 is 0 Å². The van der Waals surface area contributed by atoms with E-state index in [4.69, 9.17) is 4.74 Å². The van der Waals surface area contributed by atoms with E-state index in [0.29, 0.717) is 10.0 Å². The lowest BCUT2D eigenvalue weighted by molar-refractivity contribution is -0.131. The average Bonchev–Trinajstić information content (AvgIpc) is 2.65. The smallest absolute Gasteiger partial charge is 0.252 e. The molecule has 1 atom stereocenters. The maximum atomic E-state index is 13.6. The number of anilines is 1. The molecule has 0 spiro atoms. The molecule has 0 aliphatic carbocycles. The van der Waals surface area contributed by atoms with Crippen molar-refractivity contribution >= 4 is 39.6 Å². The van der Waals surface area contributed by atoms with Crippen molar-refractivity contribution in [3.63, 3.8) is 0 Å². The maximum absolute atomic E-state index is 13.6. The number of ether oxygens (including phenoxy) is 1. The van der Waals surface area contributed by atoms with Crippen LogP contribution in [0.1, 0.15) is 12.5 Å². The fraction of sp³-hybridized carbons (Fsp3) is 0.167. The molecule has 0 bridgehead atoms. The number of aromatic hydroxyl groups is 1. The molecule has 27 heavy (non-hydrogen) atoms. The van der Waals surface area contributed by atoms with Gasteiger partial charge in [-0.2, -0.15) is 5.10 Å². The number of nitrogens with zero attached hydrogens (tertiary/aromatic N) is 1. The van der Waals surface area contributed by atoms with Crippen LogP contribution < -0.4 is 15.5 Å². The first-order valence-corrected chi connectivity index (χ1v) is 8.57. The number of nitrogens with one attached hydrogen (secondary N) is 2. The molecular weight excluding hydrogens is 421 g/mol. The molecule has 0 radical (unpaired) electrons. The van der Waals surface area contributed by atoms with E-state index in [1.165, 1.54) is 38.4 Å². The highest BCUT2D eigenvalue weighted by Gasteiger charge is 2.22. The second-order valence-electron chi connectivity index (χ2n) is 5.47. The van der Waals surface area contributed by atoms with Crippen LogP contribution in [0.15, 0.2) is 46.0 Å². The van der Waals surface area contributed by atoms with Crippen LogP contribution in [0.5, 0.6) is 11.5 Å². The quantitative estimate of drug-likeness (QED) is 0.367. The van der Waals surface area contributed by atoms with Gasteiger partial charge in [-0.05, 0) is 31.2 Å². The lowest BCUT2D eigenvalue weighted by Gasteiger charge is -2.11. The molecule has 0 saturated heterocycles. The molecule has 2 rings (SSSR count). The zero-order chi connectivity index (χ0) is 20.0. The first-order chi connectivity index (χ1) is 12.8. The third kappa shape index (κ3) is 5.27. The van der Waals surface area contributed by atoms with E-state index in [2.05, 4.69) is 31.8 Å². The zero-order valence-corrected chi connectivity index (χ0v) is 16.1. The predicted octanol–water partition coefficient (Wildman–Crippen LogP) is 3.03. The summed E-state index contributed by atoms with van der Waals surface area (Å²) in [6.07, 6.45) is 1.21. The third-order valence-corrected chi connectivity index (χ3v) is 4.04. The zero-order valence-electron chi connectivity index (χ0n) is 14.5. The number of benzene rings is 2. The topological polar surface area (TPSA) is 100 Å². The molecule has 7 nitrogen and oxygen atoms in total. The second-order valence-corrected chi connectivity index (χ2v) is 6.39. The number of hydrogen-bond donors (Lipinski definition) is 3. The fourth-order valence-corrected chi connectivity index (χ4v) is 2.49. The van der Waals surface area contributed by atoms with E-state index >= 15 is 0 Å². The van der Waals surface area contributed by atoms with E-state index in [0.717, 1.165) is 0 Å². The van der Waals surface area contributed by atoms with Crippen LogP contribution in [0, 0.1) is 11.7 Å². The molecule has 0 aliphatic heterocycles. The maximum Gasteiger partial charge on any atom is 0.252 e. The van der Waals surface area contributed by atoms with Crippen molar-refractivity contribution in [2.75, 3.05) is 12.4 Å². The van der Waals surface area contributed by atoms with E-state index in [1.54, 1.807) is 18.2 Å². The summed E-state index contributed by atoms with van der Waals surface area (Å²) in [5.41, 5.74) is 2.48. The Morgan fingerprint density at radius 3 is 2.67 bits per heavy atom. The highest BCUT2D eigenvalue weighted by molar-refractivity contribution is 9.10. The summed E-state index contributed by atoms with van der Waals surface area (Å²) in [6.45, 7) is 1.36. The van der Waals surface area contributed by atoms with E-state index in [1.807, 2.05) is 0 Å². The van der Waals surface area contributed by atoms with Gasteiger partial charge in [-0.15, -0.1) is 0 Å². The van der Waals surface area contributed by atoms with Crippen molar-refractivity contribution in [1.82, 2.24) is 5.43 Å². The van der Waals surface area contributed by atoms with Crippen LogP contribution in [0.2, 0.25) is 0 Å². The summed E-state index contributed by atoms with van der Waals surface area (Å²) < 4.78 is 19.2. The molecular formula is C18H17BrFN3O4. The summed E-state index contributed by atoms with van der Waals surface area (Å²) in [4.78, 5) is 24.1. The molecule has 2 aromatic carbocycles. The van der Waals surface area contributed by atoms with Gasteiger partial charge in [-0.25, -0.2) is 9.82 Å². The van der Waals surface area contributed by atoms with Gasteiger partial charge in [0.15, 0.2) is 11.5 Å². The Bertz CT molecular complexity index is 889. The number of hydrogen-bond acceptors (Lipinski definition) is 5. The lowest BCUT2D eigenvalue weighted by Crippen LogP contribution is -2.34. The molecule has 2 aromatic rings. The molecule has 9 heteroatoms. The fourth-order valence-electron chi connectivity index (χ4n) is 2.03. The molecule has 0 fully saturated rings. The van der Waals surface area contributed by atoms with E-state index < -0.39 is 23.5 Å². The SMILES string of the molecule is COc1cc(Br)cc(C=NNC(=O)C(C)C(=O)Nc2ccccc2F)c1O. The van der Waals surface area contributed by atoms with Crippen molar-refractivity contribution in [2.24, 2.45) is 11.0 Å². The lowest BCUT2D eigenvalue weighted by atomic mass is 10.1. The molecule has 0 heterocycles. The molecule has 2 amide bonds. The molecule has 0 aliphatic rings. The minimum atomic E-state index is -1.12. The summed E-state index contributed by atoms with van der Waals surface area (Å²) in [5, 5.41) is 16.1. The van der Waals surface area contributed by atoms with Gasteiger partial charge in [0.1, 0.15) is 11.7 Å². The summed E-state index contributed by atoms with van der Waals surface area (Å²) >= 11 is 3.26. The molecule has 3 N–H and O–H groups in total. The third-order valence-electron chi connectivity index (χ3n) is 3.59. The van der Waals surface area contributed by atoms with Crippen molar-refractivity contribution in [3.05, 3.63) is 52.3 Å². The van der Waals surface area contributed by atoms with E-state index in [-0.39, 0.29) is 17.2 Å². The number of carbonyl (C=O) groups is 2. The van der Waals surface area contributed by atoms with Gasteiger partial charge in [0.2, 0.25) is 5.91 Å². The highest BCUT2D eigenvalue weighted by atomic mass is 79.9. The Kier molecular flexibility index (Phi) is 6.89. The van der Waals surface area contributed by atoms with Crippen molar-refractivity contribution < 1.29 is 23.8 Å². The van der Waals surface area contributed by atoms with Gasteiger partial charge < -0.3 is 15.2 Å². The van der Waals surface area contributed by atoms with Gasteiger partial charge in [0, 0.05) is 10.0 Å². The molecule has 0 saturated carbocycles. The Hall–Kier alpha value is -2.94. The van der Waals surface area contributed by atoms with Crippen LogP contribution in [-0.4, -0.2) is 30.2 Å². The van der Waals surface area contributed by atoms with Gasteiger partial charge in [-0.1, -0.05) is 28.1 Å². The van der Waals surface area contributed by atoms with Gasteiger partial charge in [0.05, 0.1) is 19.0 Å². The largest absolute Gasteiger partial charge is 0.504 e. The van der Waals surface area contributed by atoms with Crippen molar-refractivity contribution in [3.8, 4) is 11.5 Å². The summed E-state index contributed by atoms with van der Waals surface area (Å²) in [6, 6.07) is 8.78. The number of methoxy groups -OCH3 is 1. The summed E-state index contributed by atoms with van der Waals surface area (Å²) in [5.74, 6) is -3.01.